The van der Waals surface area contributed by atoms with Gasteiger partial charge in [-0.05, 0) is 122 Å². The molecule has 1 aliphatic rings. The van der Waals surface area contributed by atoms with E-state index in [0.29, 0.717) is 28.7 Å². The van der Waals surface area contributed by atoms with Crippen LogP contribution in [0.1, 0.15) is 153 Å². The molecule has 0 radical (unpaired) electrons. The van der Waals surface area contributed by atoms with Gasteiger partial charge in [-0.25, -0.2) is 0 Å². The van der Waals surface area contributed by atoms with Gasteiger partial charge in [0.05, 0.1) is 5.02 Å². The molecule has 1 aliphatic heterocycles. The molecular weight excluding hydrogens is 735 g/mol. The molecule has 0 saturated carbocycles. The zero-order chi connectivity index (χ0) is 34.8. The van der Waals surface area contributed by atoms with Crippen molar-refractivity contribution in [1.82, 2.24) is 4.98 Å². The van der Waals surface area contributed by atoms with Crippen LogP contribution in [0, 0.1) is 6.67 Å². The summed E-state index contributed by atoms with van der Waals surface area (Å²) in [4.78, 5) is 8.64. The number of anilines is 2. The fourth-order valence-corrected chi connectivity index (χ4v) is 7.08. The summed E-state index contributed by atoms with van der Waals surface area (Å²) in [5.74, 6) is 2.32. The molecule has 2 aromatic carbocycles. The first kappa shape index (κ1) is 41.6. The standard InChI is InChI=1S/C35H53N2.C5H4ClN.2ClH.Pd/c1-9-26(10-2)30-19-17-20-31(27(11-3)12-4)34(30)36-23-24-37(25-36)35-32(28(13-5)14-6)21-18-22-33(35)29(15-7)16-8;6-5-2-1-3-7-4-5;;;/h17-29H,9-16H2,1-8H3;1-4H;2*1H;/q-1;;;;+2/p-2. The summed E-state index contributed by atoms with van der Waals surface area (Å²) in [6.45, 7) is 21.1. The molecule has 0 amide bonds. The van der Waals surface area contributed by atoms with E-state index in [9.17, 15) is 0 Å². The Kier molecular flexibility index (Phi) is 20.4. The van der Waals surface area contributed by atoms with Crippen LogP contribution in [0.3, 0.4) is 0 Å². The van der Waals surface area contributed by atoms with Gasteiger partial charge in [-0.3, -0.25) is 4.98 Å². The van der Waals surface area contributed by atoms with Gasteiger partial charge < -0.3 is 9.80 Å². The predicted octanol–water partition coefficient (Wildman–Crippen LogP) is 14.3. The molecule has 1 aromatic heterocycles. The summed E-state index contributed by atoms with van der Waals surface area (Å²) in [5, 5.41) is 0.683. The summed E-state index contributed by atoms with van der Waals surface area (Å²) in [5.41, 5.74) is 8.87. The Morgan fingerprint density at radius 2 is 0.894 bits per heavy atom. The maximum atomic E-state index is 5.48. The Morgan fingerprint density at radius 3 is 1.11 bits per heavy atom. The number of benzene rings is 2. The van der Waals surface area contributed by atoms with Crippen LogP contribution in [0.4, 0.5) is 11.4 Å². The van der Waals surface area contributed by atoms with Crippen molar-refractivity contribution in [2.45, 2.75) is 130 Å². The van der Waals surface area contributed by atoms with Gasteiger partial charge in [0.25, 0.3) is 0 Å². The second kappa shape index (κ2) is 23.0. The van der Waals surface area contributed by atoms with Crippen LogP contribution in [-0.2, 0) is 15.9 Å². The van der Waals surface area contributed by atoms with Gasteiger partial charge in [-0.15, -0.1) is 6.67 Å². The summed E-state index contributed by atoms with van der Waals surface area (Å²) in [7, 11) is 9.63. The third-order valence-corrected chi connectivity index (χ3v) is 9.90. The van der Waals surface area contributed by atoms with Gasteiger partial charge in [0.2, 0.25) is 0 Å². The van der Waals surface area contributed by atoms with Gasteiger partial charge in [0, 0.05) is 23.8 Å². The summed E-state index contributed by atoms with van der Waals surface area (Å²) in [6.07, 6.45) is 17.3. The zero-order valence-electron chi connectivity index (χ0n) is 29.8. The molecule has 0 N–H and O–H groups in total. The monoisotopic (exact) mass is 790 g/mol. The number of pyridine rings is 1. The van der Waals surface area contributed by atoms with Gasteiger partial charge >= 0.3 is 35.0 Å². The zero-order valence-corrected chi connectivity index (χ0v) is 33.6. The van der Waals surface area contributed by atoms with E-state index in [1.165, 1.54) is 85.0 Å². The Morgan fingerprint density at radius 1 is 0.574 bits per heavy atom. The predicted molar refractivity (Wildman–Crippen MR) is 206 cm³/mol. The van der Waals surface area contributed by atoms with E-state index < -0.39 is 0 Å². The Labute approximate surface area is 308 Å². The SMILES string of the molecule is CCC(CC)c1cccc(C(CC)CC)c1N1C=CN(c2c(C(CC)CC)cccc2C(CC)CC)[CH-]1.Clc1cccnc1.[Cl][Pd][Cl]. The van der Waals surface area contributed by atoms with Crippen LogP contribution in [0.5, 0.6) is 0 Å². The first-order valence-corrected chi connectivity index (χ1v) is 21.9. The summed E-state index contributed by atoms with van der Waals surface area (Å²) < 4.78 is 0. The van der Waals surface area contributed by atoms with Crippen molar-refractivity contribution < 1.29 is 15.9 Å². The fraction of sp³-hybridized carbons (Fsp3) is 0.500. The van der Waals surface area contributed by atoms with Crippen LogP contribution in [0.25, 0.3) is 0 Å². The molecule has 3 nitrogen and oxygen atoms in total. The molecule has 0 unspecified atom stereocenters. The average Bonchev–Trinajstić information content (AvgIpc) is 3.58. The molecule has 264 valence electrons. The number of aromatic nitrogens is 1. The van der Waals surface area contributed by atoms with Crippen molar-refractivity contribution >= 4 is 42.0 Å². The first-order chi connectivity index (χ1) is 22.8. The average molecular weight is 793 g/mol. The second-order valence-corrected chi connectivity index (χ2v) is 14.9. The van der Waals surface area contributed by atoms with Gasteiger partial charge in [0.15, 0.2) is 0 Å². The number of para-hydroxylation sites is 2. The molecule has 0 spiro atoms. The number of halogens is 3. The molecule has 3 aromatic rings. The van der Waals surface area contributed by atoms with Crippen LogP contribution in [0.2, 0.25) is 5.02 Å². The molecule has 0 aliphatic carbocycles. The summed E-state index contributed by atoms with van der Waals surface area (Å²) >= 11 is 5.37. The van der Waals surface area contributed by atoms with E-state index in [0.717, 1.165) is 0 Å². The van der Waals surface area contributed by atoms with E-state index in [-0.39, 0.29) is 15.9 Å². The van der Waals surface area contributed by atoms with Crippen molar-refractivity contribution in [3.8, 4) is 0 Å². The molecule has 0 fully saturated rings. The second-order valence-electron chi connectivity index (χ2n) is 12.1. The molecule has 4 rings (SSSR count). The van der Waals surface area contributed by atoms with Gasteiger partial charge in [-0.2, -0.15) is 0 Å². The minimum atomic E-state index is -0.106. The number of hydrogen-bond acceptors (Lipinski definition) is 3. The van der Waals surface area contributed by atoms with Crippen molar-refractivity contribution in [3.05, 3.63) is 107 Å². The molecule has 47 heavy (non-hydrogen) atoms. The molecule has 2 heterocycles. The number of rotatable bonds is 14. The Balaban J connectivity index is 0.000000659. The number of nitrogens with zero attached hydrogens (tertiary/aromatic N) is 3. The van der Waals surface area contributed by atoms with Crippen molar-refractivity contribution in [2.24, 2.45) is 0 Å². The first-order valence-electron chi connectivity index (χ1n) is 17.6. The van der Waals surface area contributed by atoms with Gasteiger partial charge in [-0.1, -0.05) is 103 Å². The van der Waals surface area contributed by atoms with E-state index in [1.54, 1.807) is 24.5 Å². The molecule has 0 saturated heterocycles. The third kappa shape index (κ3) is 11.5. The molecule has 7 heteroatoms. The normalized spacial score (nSPS) is 12.7. The van der Waals surface area contributed by atoms with E-state index in [2.05, 4.69) is 126 Å². The molecule has 0 atom stereocenters. The van der Waals surface area contributed by atoms with Crippen molar-refractivity contribution in [2.75, 3.05) is 9.80 Å². The topological polar surface area (TPSA) is 19.4 Å². The minimum absolute atomic E-state index is 0.106. The number of hydrogen-bond donors (Lipinski definition) is 0. The Hall–Kier alpha value is -1.54. The van der Waals surface area contributed by atoms with Crippen LogP contribution >= 0.6 is 30.7 Å². The van der Waals surface area contributed by atoms with Crippen LogP contribution in [0.15, 0.2) is 73.3 Å². The van der Waals surface area contributed by atoms with Crippen molar-refractivity contribution in [3.63, 3.8) is 0 Å². The third-order valence-electron chi connectivity index (χ3n) is 9.68. The van der Waals surface area contributed by atoms with Gasteiger partial charge in [0.1, 0.15) is 0 Å². The molecular formula is C40H57Cl3N3Pd-. The van der Waals surface area contributed by atoms with Crippen molar-refractivity contribution in [1.29, 1.82) is 0 Å². The van der Waals surface area contributed by atoms with E-state index >= 15 is 0 Å². The van der Waals surface area contributed by atoms with E-state index in [1.807, 2.05) is 0 Å². The van der Waals surface area contributed by atoms with Crippen LogP contribution in [-0.4, -0.2) is 4.98 Å². The fourth-order valence-electron chi connectivity index (χ4n) is 6.95. The quantitative estimate of drug-likeness (QED) is 0.120. The van der Waals surface area contributed by atoms with Crippen LogP contribution < -0.4 is 9.80 Å². The Bertz CT molecular complexity index is 1160. The maximum absolute atomic E-state index is 5.48. The van der Waals surface area contributed by atoms with E-state index in [4.69, 9.17) is 30.7 Å². The summed E-state index contributed by atoms with van der Waals surface area (Å²) in [6, 6.07) is 17.7. The molecule has 0 bridgehead atoms.